The lowest BCUT2D eigenvalue weighted by Crippen LogP contribution is -2.34. The Morgan fingerprint density at radius 2 is 2.24 bits per heavy atom. The van der Waals surface area contributed by atoms with E-state index in [1.807, 2.05) is 0 Å². The van der Waals surface area contributed by atoms with E-state index in [0.717, 1.165) is 0 Å². The van der Waals surface area contributed by atoms with Crippen LogP contribution in [0.15, 0.2) is 23.3 Å². The Morgan fingerprint density at radius 3 is 2.86 bits per heavy atom. The van der Waals surface area contributed by atoms with E-state index in [4.69, 9.17) is 16.3 Å². The van der Waals surface area contributed by atoms with Crippen molar-refractivity contribution in [3.05, 3.63) is 28.8 Å². The summed E-state index contributed by atoms with van der Waals surface area (Å²) < 4.78 is 4.88. The predicted molar refractivity (Wildman–Crippen MR) is 78.8 cm³/mol. The number of rotatable bonds is 4. The van der Waals surface area contributed by atoms with Gasteiger partial charge in [0.05, 0.1) is 12.3 Å². The number of hydrazone groups is 1. The third-order valence-corrected chi connectivity index (χ3v) is 3.60. The Bertz CT molecular complexity index is 615. The second kappa shape index (κ2) is 6.13. The molecule has 21 heavy (non-hydrogen) atoms. The molecule has 1 N–H and O–H groups in total. The maximum Gasteiger partial charge on any atom is 0.354 e. The zero-order valence-corrected chi connectivity index (χ0v) is 12.4. The lowest BCUT2D eigenvalue weighted by atomic mass is 10.1. The van der Waals surface area contributed by atoms with Gasteiger partial charge in [0.1, 0.15) is 5.71 Å². The van der Waals surface area contributed by atoms with Gasteiger partial charge in [0.25, 0.3) is 0 Å². The summed E-state index contributed by atoms with van der Waals surface area (Å²) in [6.07, 6.45) is 0.000119. The average molecular weight is 311 g/mol. The number of hydrogen-bond acceptors (Lipinski definition) is 5. The molecule has 0 saturated carbocycles. The van der Waals surface area contributed by atoms with Crippen molar-refractivity contribution < 1.29 is 19.4 Å². The van der Waals surface area contributed by atoms with Crippen molar-refractivity contribution in [1.29, 1.82) is 0 Å². The molecule has 0 aromatic heterocycles. The number of anilines is 1. The van der Waals surface area contributed by atoms with Crippen LogP contribution < -0.4 is 5.01 Å². The van der Waals surface area contributed by atoms with Gasteiger partial charge in [0.15, 0.2) is 6.04 Å². The molecule has 1 aromatic carbocycles. The number of carboxylic acid groups (broad SMARTS) is 1. The number of carbonyl (C=O) groups is 2. The van der Waals surface area contributed by atoms with Gasteiger partial charge in [-0.3, -0.25) is 0 Å². The van der Waals surface area contributed by atoms with E-state index >= 15 is 0 Å². The van der Waals surface area contributed by atoms with Crippen LogP contribution in [0.3, 0.4) is 0 Å². The summed E-state index contributed by atoms with van der Waals surface area (Å²) >= 11 is 6.05. The van der Waals surface area contributed by atoms with Crippen LogP contribution in [0, 0.1) is 6.92 Å². The highest BCUT2D eigenvalue weighted by molar-refractivity contribution is 6.38. The molecule has 0 saturated heterocycles. The van der Waals surface area contributed by atoms with Gasteiger partial charge in [-0.15, -0.1) is 0 Å². The van der Waals surface area contributed by atoms with E-state index in [9.17, 15) is 14.7 Å². The molecule has 0 radical (unpaired) electrons. The Morgan fingerprint density at radius 1 is 1.52 bits per heavy atom. The monoisotopic (exact) mass is 310 g/mol. The van der Waals surface area contributed by atoms with E-state index in [-0.39, 0.29) is 18.7 Å². The lowest BCUT2D eigenvalue weighted by Gasteiger charge is -2.22. The second-order valence-corrected chi connectivity index (χ2v) is 4.96. The molecule has 1 unspecified atom stereocenters. The topological polar surface area (TPSA) is 79.2 Å². The quantitative estimate of drug-likeness (QED) is 0.863. The molecule has 2 rings (SSSR count). The molecule has 1 aliphatic heterocycles. The molecular formula is C14H15ClN2O4. The zero-order chi connectivity index (χ0) is 15.6. The van der Waals surface area contributed by atoms with Gasteiger partial charge in [0.2, 0.25) is 0 Å². The number of carbonyl (C=O) groups excluding carboxylic acids is 1. The lowest BCUT2D eigenvalue weighted by molar-refractivity contribution is -0.138. The Balaban J connectivity index is 2.40. The summed E-state index contributed by atoms with van der Waals surface area (Å²) in [5.74, 6) is -1.65. The highest BCUT2D eigenvalue weighted by Crippen LogP contribution is 2.31. The van der Waals surface area contributed by atoms with Crippen molar-refractivity contribution in [2.45, 2.75) is 26.3 Å². The van der Waals surface area contributed by atoms with Gasteiger partial charge in [-0.05, 0) is 31.5 Å². The van der Waals surface area contributed by atoms with Gasteiger partial charge in [-0.2, -0.15) is 5.10 Å². The van der Waals surface area contributed by atoms with Crippen molar-refractivity contribution in [1.82, 2.24) is 0 Å². The first kappa shape index (κ1) is 15.3. The number of aliphatic carboxylic acids is 1. The number of hydrogen-bond donors (Lipinski definition) is 1. The number of halogens is 1. The third-order valence-electron chi connectivity index (χ3n) is 3.19. The smallest absolute Gasteiger partial charge is 0.354 e. The molecule has 1 aliphatic rings. The first-order chi connectivity index (χ1) is 9.95. The molecule has 112 valence electrons. The normalized spacial score (nSPS) is 17.6. The Hall–Kier alpha value is -2.08. The minimum absolute atomic E-state index is 0.000119. The molecule has 1 atom stereocenters. The number of carboxylic acids is 1. The van der Waals surface area contributed by atoms with Crippen LogP contribution in [0.25, 0.3) is 0 Å². The summed E-state index contributed by atoms with van der Waals surface area (Å²) in [4.78, 5) is 23.2. The first-order valence-corrected chi connectivity index (χ1v) is 6.85. The summed E-state index contributed by atoms with van der Waals surface area (Å²) in [5, 5.41) is 15.3. The van der Waals surface area contributed by atoms with Crippen molar-refractivity contribution in [2.75, 3.05) is 11.6 Å². The summed E-state index contributed by atoms with van der Waals surface area (Å²) in [7, 11) is 0. The zero-order valence-electron chi connectivity index (χ0n) is 11.7. The largest absolute Gasteiger partial charge is 0.480 e. The molecule has 1 aromatic rings. The highest BCUT2D eigenvalue weighted by atomic mass is 35.5. The Labute approximate surface area is 127 Å². The number of ether oxygens (including phenoxy) is 1. The van der Waals surface area contributed by atoms with Gasteiger partial charge >= 0.3 is 11.9 Å². The van der Waals surface area contributed by atoms with Crippen molar-refractivity contribution in [3.8, 4) is 0 Å². The predicted octanol–water partition coefficient (Wildman–Crippen LogP) is 2.23. The van der Waals surface area contributed by atoms with Crippen LogP contribution in [0.1, 0.15) is 18.9 Å². The summed E-state index contributed by atoms with van der Waals surface area (Å²) in [6, 6.07) is 4.19. The minimum Gasteiger partial charge on any atom is -0.480 e. The van der Waals surface area contributed by atoms with Crippen LogP contribution >= 0.6 is 11.6 Å². The minimum atomic E-state index is -1.06. The van der Waals surface area contributed by atoms with Gasteiger partial charge in [-0.1, -0.05) is 17.7 Å². The molecule has 0 aliphatic carbocycles. The van der Waals surface area contributed by atoms with E-state index in [0.29, 0.717) is 16.3 Å². The molecule has 6 nitrogen and oxygen atoms in total. The number of nitrogens with zero attached hydrogens (tertiary/aromatic N) is 2. The molecule has 7 heteroatoms. The van der Waals surface area contributed by atoms with Gasteiger partial charge in [-0.25, -0.2) is 14.6 Å². The molecule has 0 spiro atoms. The second-order valence-electron chi connectivity index (χ2n) is 4.55. The van der Waals surface area contributed by atoms with Crippen LogP contribution in [0.2, 0.25) is 5.02 Å². The van der Waals surface area contributed by atoms with E-state index in [1.54, 1.807) is 32.0 Å². The Kier molecular flexibility index (Phi) is 4.47. The number of benzene rings is 1. The van der Waals surface area contributed by atoms with Gasteiger partial charge < -0.3 is 9.84 Å². The van der Waals surface area contributed by atoms with Crippen molar-refractivity contribution >= 4 is 34.9 Å². The van der Waals surface area contributed by atoms with Crippen LogP contribution in [-0.4, -0.2) is 35.4 Å². The molecule has 0 fully saturated rings. The van der Waals surface area contributed by atoms with Crippen LogP contribution in [0.4, 0.5) is 5.69 Å². The SMILES string of the molecule is CCOC(=O)C1=NN(c2cccc(Cl)c2C)C(C(=O)O)C1. The van der Waals surface area contributed by atoms with Crippen LogP contribution in [-0.2, 0) is 14.3 Å². The molecular weight excluding hydrogens is 296 g/mol. The fourth-order valence-electron chi connectivity index (χ4n) is 2.11. The van der Waals surface area contributed by atoms with Crippen LogP contribution in [0.5, 0.6) is 0 Å². The maximum absolute atomic E-state index is 11.7. The van der Waals surface area contributed by atoms with Gasteiger partial charge in [0, 0.05) is 11.4 Å². The summed E-state index contributed by atoms with van der Waals surface area (Å²) in [6.45, 7) is 3.67. The number of esters is 1. The molecule has 0 amide bonds. The standard InChI is InChI=1S/C14H15ClN2O4/c1-3-21-14(20)10-7-12(13(18)19)17(16-10)11-6-4-5-9(15)8(11)2/h4-6,12H,3,7H2,1-2H3,(H,18,19). The van der Waals surface area contributed by atoms with Crippen molar-refractivity contribution in [2.24, 2.45) is 5.10 Å². The van der Waals surface area contributed by atoms with E-state index < -0.39 is 18.0 Å². The first-order valence-electron chi connectivity index (χ1n) is 6.47. The van der Waals surface area contributed by atoms with E-state index in [2.05, 4.69) is 5.10 Å². The van der Waals surface area contributed by atoms with E-state index in [1.165, 1.54) is 5.01 Å². The fourth-order valence-corrected chi connectivity index (χ4v) is 2.28. The fraction of sp³-hybridized carbons (Fsp3) is 0.357. The summed E-state index contributed by atoms with van der Waals surface area (Å²) in [5.41, 5.74) is 1.37. The maximum atomic E-state index is 11.7. The molecule has 1 heterocycles. The average Bonchev–Trinajstić information content (AvgIpc) is 2.87. The van der Waals surface area contributed by atoms with Crippen molar-refractivity contribution in [3.63, 3.8) is 0 Å². The third kappa shape index (κ3) is 3.00. The molecule has 0 bridgehead atoms. The highest BCUT2D eigenvalue weighted by Gasteiger charge is 2.37.